The molecule has 0 aromatic carbocycles. The van der Waals surface area contributed by atoms with E-state index >= 15 is 0 Å². The molecular formula is C14H24O4. The smallest absolute Gasteiger partial charge is 0.306 e. The fourth-order valence-corrected chi connectivity index (χ4v) is 2.82. The third-order valence-corrected chi connectivity index (χ3v) is 3.95. The van der Waals surface area contributed by atoms with E-state index in [0.29, 0.717) is 6.42 Å². The third-order valence-electron chi connectivity index (χ3n) is 3.95. The summed E-state index contributed by atoms with van der Waals surface area (Å²) < 4.78 is 0. The first kappa shape index (κ1) is 15.0. The molecule has 0 aliphatic heterocycles. The van der Waals surface area contributed by atoms with Gasteiger partial charge in [-0.3, -0.25) is 9.59 Å². The Morgan fingerprint density at radius 2 is 1.72 bits per heavy atom. The molecule has 0 spiro atoms. The second kappa shape index (κ2) is 8.11. The molecule has 1 saturated carbocycles. The summed E-state index contributed by atoms with van der Waals surface area (Å²) in [4.78, 5) is 21.5. The summed E-state index contributed by atoms with van der Waals surface area (Å²) in [5.74, 6) is -1.47. The molecule has 0 saturated heterocycles. The van der Waals surface area contributed by atoms with Gasteiger partial charge in [0.2, 0.25) is 0 Å². The van der Waals surface area contributed by atoms with Gasteiger partial charge >= 0.3 is 11.9 Å². The van der Waals surface area contributed by atoms with Crippen LogP contribution in [-0.2, 0) is 9.59 Å². The molecule has 0 radical (unpaired) electrons. The van der Waals surface area contributed by atoms with Crippen LogP contribution in [0.3, 0.4) is 0 Å². The number of rotatable bonds is 8. The average Bonchev–Trinajstić information content (AvgIpc) is 2.34. The molecule has 0 amide bonds. The molecule has 18 heavy (non-hydrogen) atoms. The highest BCUT2D eigenvalue weighted by Gasteiger charge is 2.19. The average molecular weight is 256 g/mol. The first-order valence-electron chi connectivity index (χ1n) is 7.04. The highest BCUT2D eigenvalue weighted by Crippen LogP contribution is 2.28. The van der Waals surface area contributed by atoms with Crippen molar-refractivity contribution in [2.75, 3.05) is 0 Å². The van der Waals surface area contributed by atoms with Crippen molar-refractivity contribution in [2.45, 2.75) is 64.2 Å². The lowest BCUT2D eigenvalue weighted by Gasteiger charge is -2.21. The molecule has 0 bridgehead atoms. The number of hydrogen-bond acceptors (Lipinski definition) is 2. The van der Waals surface area contributed by atoms with Gasteiger partial charge in [0.1, 0.15) is 0 Å². The Morgan fingerprint density at radius 3 is 2.28 bits per heavy atom. The van der Waals surface area contributed by atoms with Crippen LogP contribution in [-0.4, -0.2) is 22.2 Å². The van der Waals surface area contributed by atoms with Crippen molar-refractivity contribution in [3.8, 4) is 0 Å². The van der Waals surface area contributed by atoms with E-state index < -0.39 is 17.9 Å². The van der Waals surface area contributed by atoms with Gasteiger partial charge in [-0.1, -0.05) is 44.9 Å². The van der Waals surface area contributed by atoms with Gasteiger partial charge in [0, 0.05) is 6.42 Å². The van der Waals surface area contributed by atoms with Crippen LogP contribution in [0, 0.1) is 11.8 Å². The molecular weight excluding hydrogens is 232 g/mol. The maximum Gasteiger partial charge on any atom is 0.306 e. The second-order valence-electron chi connectivity index (χ2n) is 5.40. The molecule has 1 aliphatic rings. The molecule has 0 heterocycles. The lowest BCUT2D eigenvalue weighted by molar-refractivity contribution is -0.143. The van der Waals surface area contributed by atoms with Crippen molar-refractivity contribution in [2.24, 2.45) is 11.8 Å². The van der Waals surface area contributed by atoms with Crippen LogP contribution in [0.15, 0.2) is 0 Å². The molecule has 4 nitrogen and oxygen atoms in total. The topological polar surface area (TPSA) is 74.6 Å². The zero-order chi connectivity index (χ0) is 13.4. The molecule has 1 unspecified atom stereocenters. The van der Waals surface area contributed by atoms with E-state index in [0.717, 1.165) is 18.8 Å². The lowest BCUT2D eigenvalue weighted by Crippen LogP contribution is -2.16. The third kappa shape index (κ3) is 6.03. The van der Waals surface area contributed by atoms with Crippen LogP contribution < -0.4 is 0 Å². The summed E-state index contributed by atoms with van der Waals surface area (Å²) in [6.45, 7) is 0. The molecule has 0 aromatic rings. The van der Waals surface area contributed by atoms with Crippen LogP contribution in [0.2, 0.25) is 0 Å². The Labute approximate surface area is 108 Å². The summed E-state index contributed by atoms with van der Waals surface area (Å²) in [5, 5.41) is 17.6. The quantitative estimate of drug-likeness (QED) is 0.698. The monoisotopic (exact) mass is 256 g/mol. The van der Waals surface area contributed by atoms with Crippen molar-refractivity contribution >= 4 is 11.9 Å². The Bertz CT molecular complexity index is 269. The predicted molar refractivity (Wildman–Crippen MR) is 68.4 cm³/mol. The minimum Gasteiger partial charge on any atom is -0.481 e. The number of carbonyl (C=O) groups is 2. The minimum atomic E-state index is -0.909. The van der Waals surface area contributed by atoms with Crippen LogP contribution in [0.1, 0.15) is 64.2 Å². The van der Waals surface area contributed by atoms with Crippen LogP contribution in [0.4, 0.5) is 0 Å². The molecule has 1 rings (SSSR count). The van der Waals surface area contributed by atoms with E-state index in [1.54, 1.807) is 0 Å². The van der Waals surface area contributed by atoms with Gasteiger partial charge in [0.25, 0.3) is 0 Å². The van der Waals surface area contributed by atoms with E-state index in [4.69, 9.17) is 10.2 Å². The highest BCUT2D eigenvalue weighted by atomic mass is 16.4. The summed E-state index contributed by atoms with van der Waals surface area (Å²) in [6.07, 6.45) is 9.40. The zero-order valence-corrected chi connectivity index (χ0v) is 10.9. The molecule has 104 valence electrons. The number of aliphatic carboxylic acids is 2. The Balaban J connectivity index is 2.19. The fourth-order valence-electron chi connectivity index (χ4n) is 2.82. The van der Waals surface area contributed by atoms with E-state index in [2.05, 4.69) is 0 Å². The standard InChI is InChI=1S/C14H24O4/c15-13(16)10-9-12(14(17)18)8-4-7-11-5-2-1-3-6-11/h11-12H,1-10H2,(H,15,16)(H,17,18). The SMILES string of the molecule is O=C(O)CCC(CCCC1CCCCC1)C(=O)O. The Kier molecular flexibility index (Phi) is 6.76. The maximum atomic E-state index is 11.0. The van der Waals surface area contributed by atoms with Gasteiger partial charge in [0.15, 0.2) is 0 Å². The normalized spacial score (nSPS) is 18.4. The largest absolute Gasteiger partial charge is 0.481 e. The summed E-state index contributed by atoms with van der Waals surface area (Å²) in [5.41, 5.74) is 0. The molecule has 1 aliphatic carbocycles. The van der Waals surface area contributed by atoms with Gasteiger partial charge < -0.3 is 10.2 Å². The van der Waals surface area contributed by atoms with E-state index in [9.17, 15) is 9.59 Å². The zero-order valence-electron chi connectivity index (χ0n) is 10.9. The number of carboxylic acids is 2. The molecule has 0 aromatic heterocycles. The first-order chi connectivity index (χ1) is 8.59. The summed E-state index contributed by atoms with van der Waals surface area (Å²) in [7, 11) is 0. The van der Waals surface area contributed by atoms with Crippen molar-refractivity contribution in [1.82, 2.24) is 0 Å². The van der Waals surface area contributed by atoms with Crippen LogP contribution in [0.5, 0.6) is 0 Å². The van der Waals surface area contributed by atoms with Gasteiger partial charge in [-0.2, -0.15) is 0 Å². The molecule has 1 atom stereocenters. The van der Waals surface area contributed by atoms with Gasteiger partial charge in [-0.05, 0) is 18.8 Å². The van der Waals surface area contributed by atoms with Crippen LogP contribution in [0.25, 0.3) is 0 Å². The first-order valence-corrected chi connectivity index (χ1v) is 7.04. The van der Waals surface area contributed by atoms with Gasteiger partial charge in [0.05, 0.1) is 5.92 Å². The lowest BCUT2D eigenvalue weighted by atomic mass is 9.84. The fraction of sp³-hybridized carbons (Fsp3) is 0.857. The molecule has 2 N–H and O–H groups in total. The predicted octanol–water partition coefficient (Wildman–Crippen LogP) is 3.30. The number of carboxylic acid groups (broad SMARTS) is 2. The van der Waals surface area contributed by atoms with Crippen molar-refractivity contribution in [1.29, 1.82) is 0 Å². The summed E-state index contributed by atoms with van der Waals surface area (Å²) >= 11 is 0. The van der Waals surface area contributed by atoms with E-state index in [1.807, 2.05) is 0 Å². The van der Waals surface area contributed by atoms with Gasteiger partial charge in [-0.15, -0.1) is 0 Å². The summed E-state index contributed by atoms with van der Waals surface area (Å²) in [6, 6.07) is 0. The molecule has 4 heteroatoms. The second-order valence-corrected chi connectivity index (χ2v) is 5.40. The van der Waals surface area contributed by atoms with Gasteiger partial charge in [-0.25, -0.2) is 0 Å². The Hall–Kier alpha value is -1.06. The van der Waals surface area contributed by atoms with Crippen molar-refractivity contribution in [3.05, 3.63) is 0 Å². The molecule has 1 fully saturated rings. The van der Waals surface area contributed by atoms with Crippen molar-refractivity contribution in [3.63, 3.8) is 0 Å². The van der Waals surface area contributed by atoms with E-state index in [1.165, 1.54) is 32.1 Å². The maximum absolute atomic E-state index is 11.0. The highest BCUT2D eigenvalue weighted by molar-refractivity contribution is 5.72. The number of hydrogen-bond donors (Lipinski definition) is 2. The van der Waals surface area contributed by atoms with Crippen LogP contribution >= 0.6 is 0 Å². The van der Waals surface area contributed by atoms with E-state index in [-0.39, 0.29) is 12.8 Å². The Morgan fingerprint density at radius 1 is 1.06 bits per heavy atom. The van der Waals surface area contributed by atoms with Crippen molar-refractivity contribution < 1.29 is 19.8 Å². The minimum absolute atomic E-state index is 0.0413.